The number of amidine groups is 1. The summed E-state index contributed by atoms with van der Waals surface area (Å²) in [5.41, 5.74) is 2.15. The van der Waals surface area contributed by atoms with Crippen LogP contribution in [0.3, 0.4) is 0 Å². The van der Waals surface area contributed by atoms with E-state index in [9.17, 15) is 0 Å². The molecular weight excluding hydrogens is 324 g/mol. The Morgan fingerprint density at radius 3 is 2.63 bits per heavy atom. The van der Waals surface area contributed by atoms with Crippen molar-refractivity contribution in [1.82, 2.24) is 0 Å². The van der Waals surface area contributed by atoms with Gasteiger partial charge in [0.2, 0.25) is 0 Å². The molecule has 0 amide bonds. The number of benzene rings is 2. The lowest BCUT2D eigenvalue weighted by molar-refractivity contribution is 1.06. The second kappa shape index (κ2) is 6.73. The van der Waals surface area contributed by atoms with E-state index >= 15 is 0 Å². The van der Waals surface area contributed by atoms with Crippen LogP contribution in [0.15, 0.2) is 58.0 Å². The predicted molar refractivity (Wildman–Crippen MR) is 86.0 cm³/mol. The number of halogens is 2. The molecule has 4 heteroatoms. The standard InChI is InChI=1S/C15H14BrClN2/c1-11(18-10-12-5-3-2-4-6-12)19-15-8-7-13(17)9-14(15)16/h2-9H,10H2,1H3,(H,18,19). The number of hydrogen-bond donors (Lipinski definition) is 1. The van der Waals surface area contributed by atoms with Crippen LogP contribution in [-0.2, 0) is 6.54 Å². The summed E-state index contributed by atoms with van der Waals surface area (Å²) in [6.07, 6.45) is 0. The number of hydrogen-bond acceptors (Lipinski definition) is 1. The van der Waals surface area contributed by atoms with Crippen molar-refractivity contribution in [2.45, 2.75) is 13.5 Å². The topological polar surface area (TPSA) is 24.4 Å². The minimum absolute atomic E-state index is 0.672. The molecule has 2 aromatic carbocycles. The molecule has 0 bridgehead atoms. The van der Waals surface area contributed by atoms with Crippen molar-refractivity contribution in [3.05, 3.63) is 63.6 Å². The number of aliphatic imine (C=N–C) groups is 1. The van der Waals surface area contributed by atoms with Gasteiger partial charge < -0.3 is 5.32 Å². The van der Waals surface area contributed by atoms with Gasteiger partial charge in [0.05, 0.1) is 18.1 Å². The van der Waals surface area contributed by atoms with Crippen molar-refractivity contribution in [2.75, 3.05) is 5.32 Å². The van der Waals surface area contributed by atoms with Gasteiger partial charge in [0, 0.05) is 9.50 Å². The molecule has 0 aliphatic carbocycles. The van der Waals surface area contributed by atoms with E-state index in [1.54, 1.807) is 0 Å². The Bertz CT molecular complexity index is 582. The number of anilines is 1. The summed E-state index contributed by atoms with van der Waals surface area (Å²) in [5, 5.41) is 3.96. The maximum Gasteiger partial charge on any atom is 0.0979 e. The average molecular weight is 338 g/mol. The summed E-state index contributed by atoms with van der Waals surface area (Å²) >= 11 is 9.38. The van der Waals surface area contributed by atoms with Crippen LogP contribution in [0.2, 0.25) is 5.02 Å². The van der Waals surface area contributed by atoms with Crippen molar-refractivity contribution in [3.8, 4) is 0 Å². The number of rotatable bonds is 3. The van der Waals surface area contributed by atoms with Gasteiger partial charge in [0.25, 0.3) is 0 Å². The molecule has 2 nitrogen and oxygen atoms in total. The van der Waals surface area contributed by atoms with Crippen molar-refractivity contribution < 1.29 is 0 Å². The lowest BCUT2D eigenvalue weighted by Gasteiger charge is -2.08. The number of nitrogens with one attached hydrogen (secondary N) is 1. The zero-order chi connectivity index (χ0) is 13.7. The molecule has 0 aliphatic heterocycles. The van der Waals surface area contributed by atoms with Gasteiger partial charge in [-0.2, -0.15) is 0 Å². The number of nitrogens with zero attached hydrogens (tertiary/aromatic N) is 1. The van der Waals surface area contributed by atoms with Gasteiger partial charge in [-0.3, -0.25) is 4.99 Å². The van der Waals surface area contributed by atoms with Gasteiger partial charge in [-0.05, 0) is 46.6 Å². The second-order valence-corrected chi connectivity index (χ2v) is 5.43. The first-order valence-corrected chi connectivity index (χ1v) is 7.09. The Morgan fingerprint density at radius 2 is 1.95 bits per heavy atom. The SMILES string of the molecule is CC(=NCc1ccccc1)Nc1ccc(Cl)cc1Br. The molecule has 0 heterocycles. The summed E-state index contributed by atoms with van der Waals surface area (Å²) in [5.74, 6) is 0.867. The minimum atomic E-state index is 0.672. The van der Waals surface area contributed by atoms with Crippen molar-refractivity contribution in [2.24, 2.45) is 4.99 Å². The summed E-state index contributed by atoms with van der Waals surface area (Å²) in [7, 11) is 0. The fourth-order valence-corrected chi connectivity index (χ4v) is 2.40. The first-order valence-electron chi connectivity index (χ1n) is 5.92. The van der Waals surface area contributed by atoms with Gasteiger partial charge in [0.15, 0.2) is 0 Å². The highest BCUT2D eigenvalue weighted by Crippen LogP contribution is 2.25. The predicted octanol–water partition coefficient (Wildman–Crippen LogP) is 5.13. The van der Waals surface area contributed by atoms with E-state index in [4.69, 9.17) is 11.6 Å². The Labute approximate surface area is 126 Å². The Morgan fingerprint density at radius 1 is 1.21 bits per heavy atom. The van der Waals surface area contributed by atoms with Crippen molar-refractivity contribution >= 4 is 39.1 Å². The highest BCUT2D eigenvalue weighted by molar-refractivity contribution is 9.10. The molecule has 0 aliphatic rings. The Kier molecular flexibility index (Phi) is 5.00. The van der Waals surface area contributed by atoms with Crippen LogP contribution < -0.4 is 5.32 Å². The molecule has 0 aromatic heterocycles. The van der Waals surface area contributed by atoms with Gasteiger partial charge >= 0.3 is 0 Å². The maximum absolute atomic E-state index is 5.91. The van der Waals surface area contributed by atoms with E-state index in [1.165, 1.54) is 5.56 Å². The molecule has 0 saturated heterocycles. The zero-order valence-electron chi connectivity index (χ0n) is 10.5. The van der Waals surface area contributed by atoms with E-state index in [0.717, 1.165) is 16.0 Å². The lowest BCUT2D eigenvalue weighted by Crippen LogP contribution is -2.08. The zero-order valence-corrected chi connectivity index (χ0v) is 12.9. The van der Waals surface area contributed by atoms with Crippen LogP contribution in [0.25, 0.3) is 0 Å². The van der Waals surface area contributed by atoms with E-state index in [-0.39, 0.29) is 0 Å². The molecule has 0 saturated carbocycles. The summed E-state index contributed by atoms with van der Waals surface area (Å²) < 4.78 is 0.925. The molecule has 2 aromatic rings. The lowest BCUT2D eigenvalue weighted by atomic mass is 10.2. The molecule has 98 valence electrons. The van der Waals surface area contributed by atoms with Crippen LogP contribution in [0.1, 0.15) is 12.5 Å². The minimum Gasteiger partial charge on any atom is -0.343 e. The molecule has 0 spiro atoms. The van der Waals surface area contributed by atoms with Crippen LogP contribution in [-0.4, -0.2) is 5.84 Å². The first kappa shape index (κ1) is 14.1. The van der Waals surface area contributed by atoms with Crippen LogP contribution in [0.5, 0.6) is 0 Å². The summed E-state index contributed by atoms with van der Waals surface area (Å²) in [4.78, 5) is 4.50. The van der Waals surface area contributed by atoms with Crippen LogP contribution >= 0.6 is 27.5 Å². The maximum atomic E-state index is 5.91. The van der Waals surface area contributed by atoms with Crippen molar-refractivity contribution in [3.63, 3.8) is 0 Å². The van der Waals surface area contributed by atoms with Crippen LogP contribution in [0, 0.1) is 0 Å². The van der Waals surface area contributed by atoms with E-state index in [2.05, 4.69) is 38.4 Å². The Hall–Kier alpha value is -1.32. The Balaban J connectivity index is 2.02. The van der Waals surface area contributed by atoms with Crippen molar-refractivity contribution in [1.29, 1.82) is 0 Å². The fraction of sp³-hybridized carbons (Fsp3) is 0.133. The smallest absolute Gasteiger partial charge is 0.0979 e. The molecule has 2 rings (SSSR count). The molecular formula is C15H14BrClN2. The van der Waals surface area contributed by atoms with Gasteiger partial charge in [-0.15, -0.1) is 0 Å². The molecule has 1 N–H and O–H groups in total. The second-order valence-electron chi connectivity index (χ2n) is 4.14. The average Bonchev–Trinajstić information content (AvgIpc) is 2.41. The van der Waals surface area contributed by atoms with Gasteiger partial charge in [-0.1, -0.05) is 41.9 Å². The quantitative estimate of drug-likeness (QED) is 0.609. The third-order valence-electron chi connectivity index (χ3n) is 2.59. The monoisotopic (exact) mass is 336 g/mol. The van der Waals surface area contributed by atoms with E-state index in [1.807, 2.05) is 43.3 Å². The molecule has 19 heavy (non-hydrogen) atoms. The molecule has 0 unspecified atom stereocenters. The third-order valence-corrected chi connectivity index (χ3v) is 3.48. The van der Waals surface area contributed by atoms with Gasteiger partial charge in [0.1, 0.15) is 0 Å². The third kappa shape index (κ3) is 4.37. The normalized spacial score (nSPS) is 11.4. The van der Waals surface area contributed by atoms with Gasteiger partial charge in [-0.25, -0.2) is 0 Å². The van der Waals surface area contributed by atoms with Crippen LogP contribution in [0.4, 0.5) is 5.69 Å². The molecule has 0 fully saturated rings. The summed E-state index contributed by atoms with van der Waals surface area (Å²) in [6.45, 7) is 2.62. The highest BCUT2D eigenvalue weighted by atomic mass is 79.9. The summed E-state index contributed by atoms with van der Waals surface area (Å²) in [6, 6.07) is 15.8. The fourth-order valence-electron chi connectivity index (χ4n) is 1.62. The largest absolute Gasteiger partial charge is 0.343 e. The van der Waals surface area contributed by atoms with E-state index in [0.29, 0.717) is 11.6 Å². The first-order chi connectivity index (χ1) is 9.15. The van der Waals surface area contributed by atoms with E-state index < -0.39 is 0 Å². The molecule has 0 atom stereocenters. The highest BCUT2D eigenvalue weighted by Gasteiger charge is 2.01. The molecule has 0 radical (unpaired) electrons.